The standard InChI is InChI=1S/C25H27N5OS/c1-16-6-9-19(10-7-16)22-15-30-24(27-22)32-25(28-30)29-12-4-5-20(14-29)23(31)26-21-11-8-17(2)18(3)13-21/h6-11,13,15,20H,4-5,12,14H2,1-3H3,(H,26,31)/t20-/m0/s1. The van der Waals surface area contributed by atoms with Crippen LogP contribution in [0.25, 0.3) is 16.2 Å². The number of carbonyl (C=O) groups excluding carboxylic acids is 1. The van der Waals surface area contributed by atoms with Crippen LogP contribution in [0.1, 0.15) is 29.5 Å². The van der Waals surface area contributed by atoms with Gasteiger partial charge < -0.3 is 10.2 Å². The van der Waals surface area contributed by atoms with Crippen LogP contribution in [0.2, 0.25) is 0 Å². The quantitative estimate of drug-likeness (QED) is 0.467. The number of hydrogen-bond acceptors (Lipinski definition) is 5. The molecule has 0 saturated carbocycles. The highest BCUT2D eigenvalue weighted by molar-refractivity contribution is 7.20. The highest BCUT2D eigenvalue weighted by atomic mass is 32.1. The van der Waals surface area contributed by atoms with Gasteiger partial charge in [0.2, 0.25) is 16.0 Å². The van der Waals surface area contributed by atoms with Gasteiger partial charge in [-0.2, -0.15) is 0 Å². The lowest BCUT2D eigenvalue weighted by molar-refractivity contribution is -0.120. The minimum atomic E-state index is -0.0512. The van der Waals surface area contributed by atoms with Crippen molar-refractivity contribution in [2.45, 2.75) is 33.6 Å². The molecule has 1 atom stereocenters. The number of imidazole rings is 1. The van der Waals surface area contributed by atoms with Crippen LogP contribution >= 0.6 is 11.3 Å². The number of benzene rings is 2. The summed E-state index contributed by atoms with van der Waals surface area (Å²) in [4.78, 5) is 20.8. The van der Waals surface area contributed by atoms with Gasteiger partial charge in [-0.3, -0.25) is 4.79 Å². The Kier molecular flexibility index (Phi) is 5.43. The first kappa shape index (κ1) is 20.7. The highest BCUT2D eigenvalue weighted by Crippen LogP contribution is 2.30. The van der Waals surface area contributed by atoms with E-state index in [1.54, 1.807) is 11.3 Å². The van der Waals surface area contributed by atoms with Gasteiger partial charge in [-0.05, 0) is 56.9 Å². The van der Waals surface area contributed by atoms with Gasteiger partial charge in [0.15, 0.2) is 0 Å². The topological polar surface area (TPSA) is 62.5 Å². The lowest BCUT2D eigenvalue weighted by Crippen LogP contribution is -2.40. The van der Waals surface area contributed by atoms with Gasteiger partial charge in [-0.15, -0.1) is 5.10 Å². The van der Waals surface area contributed by atoms with Crippen molar-refractivity contribution in [3.63, 3.8) is 0 Å². The van der Waals surface area contributed by atoms with Gasteiger partial charge in [0.25, 0.3) is 0 Å². The van der Waals surface area contributed by atoms with Crippen molar-refractivity contribution in [1.82, 2.24) is 14.6 Å². The second-order valence-electron chi connectivity index (χ2n) is 8.68. The van der Waals surface area contributed by atoms with Crippen molar-refractivity contribution in [2.75, 3.05) is 23.3 Å². The molecule has 2 aromatic carbocycles. The van der Waals surface area contributed by atoms with E-state index in [1.807, 2.05) is 28.9 Å². The summed E-state index contributed by atoms with van der Waals surface area (Å²) in [6, 6.07) is 14.4. The minimum Gasteiger partial charge on any atom is -0.346 e. The zero-order valence-corrected chi connectivity index (χ0v) is 19.4. The van der Waals surface area contributed by atoms with E-state index in [2.05, 4.69) is 55.3 Å². The SMILES string of the molecule is Cc1ccc(-c2cn3nc(N4CCC[C@H](C(=O)Nc5ccc(C)c(C)c5)C4)sc3n2)cc1. The molecule has 164 valence electrons. The number of fused-ring (bicyclic) bond motifs is 1. The molecule has 0 aliphatic carbocycles. The summed E-state index contributed by atoms with van der Waals surface area (Å²) in [6.45, 7) is 7.81. The van der Waals surface area contributed by atoms with Crippen molar-refractivity contribution in [1.29, 1.82) is 0 Å². The van der Waals surface area contributed by atoms with Crippen LogP contribution in [-0.2, 0) is 4.79 Å². The number of aryl methyl sites for hydroxylation is 3. The lowest BCUT2D eigenvalue weighted by Gasteiger charge is -2.31. The Labute approximate surface area is 191 Å². The van der Waals surface area contributed by atoms with Crippen LogP contribution in [0.5, 0.6) is 0 Å². The van der Waals surface area contributed by atoms with Gasteiger partial charge >= 0.3 is 0 Å². The van der Waals surface area contributed by atoms with Gasteiger partial charge in [0, 0.05) is 24.3 Å². The first-order valence-corrected chi connectivity index (χ1v) is 11.8. The first-order chi connectivity index (χ1) is 15.5. The maximum Gasteiger partial charge on any atom is 0.229 e. The largest absolute Gasteiger partial charge is 0.346 e. The number of aromatic nitrogens is 3. The summed E-state index contributed by atoms with van der Waals surface area (Å²) in [5.41, 5.74) is 6.54. The van der Waals surface area contributed by atoms with Gasteiger partial charge in [-0.25, -0.2) is 9.50 Å². The Morgan fingerprint density at radius 3 is 2.66 bits per heavy atom. The summed E-state index contributed by atoms with van der Waals surface area (Å²) in [5, 5.41) is 8.79. The van der Waals surface area contributed by atoms with Gasteiger partial charge in [-0.1, -0.05) is 47.2 Å². The third-order valence-corrected chi connectivity index (χ3v) is 7.20. The number of amides is 1. The number of hydrogen-bond donors (Lipinski definition) is 1. The first-order valence-electron chi connectivity index (χ1n) is 11.0. The highest BCUT2D eigenvalue weighted by Gasteiger charge is 2.28. The molecule has 0 spiro atoms. The monoisotopic (exact) mass is 445 g/mol. The summed E-state index contributed by atoms with van der Waals surface area (Å²) in [5.74, 6) is 0.0330. The molecule has 2 aromatic heterocycles. The fourth-order valence-electron chi connectivity index (χ4n) is 4.11. The van der Waals surface area contributed by atoms with E-state index in [0.717, 1.165) is 46.4 Å². The Hall–Kier alpha value is -3.19. The molecule has 1 amide bonds. The van der Waals surface area contributed by atoms with Crippen LogP contribution in [0, 0.1) is 26.7 Å². The normalized spacial score (nSPS) is 16.5. The number of nitrogens with one attached hydrogen (secondary N) is 1. The Morgan fingerprint density at radius 2 is 1.91 bits per heavy atom. The second-order valence-corrected chi connectivity index (χ2v) is 9.61. The smallest absolute Gasteiger partial charge is 0.229 e. The molecule has 32 heavy (non-hydrogen) atoms. The molecule has 0 bridgehead atoms. The van der Waals surface area contributed by atoms with E-state index in [4.69, 9.17) is 10.1 Å². The average Bonchev–Trinajstić information content (AvgIpc) is 3.36. The Morgan fingerprint density at radius 1 is 1.09 bits per heavy atom. The molecule has 1 aliphatic rings. The molecular weight excluding hydrogens is 418 g/mol. The van der Waals surface area contributed by atoms with E-state index in [0.29, 0.717) is 6.54 Å². The zero-order valence-electron chi connectivity index (χ0n) is 18.6. The van der Waals surface area contributed by atoms with Gasteiger partial charge in [0.1, 0.15) is 0 Å². The summed E-state index contributed by atoms with van der Waals surface area (Å²) >= 11 is 1.58. The van der Waals surface area contributed by atoms with E-state index in [9.17, 15) is 4.79 Å². The van der Waals surface area contributed by atoms with Crippen molar-refractivity contribution in [3.05, 3.63) is 65.4 Å². The van der Waals surface area contributed by atoms with Gasteiger partial charge in [0.05, 0.1) is 17.8 Å². The van der Waals surface area contributed by atoms with E-state index in [-0.39, 0.29) is 11.8 Å². The fourth-order valence-corrected chi connectivity index (χ4v) is 5.03. The number of anilines is 2. The lowest BCUT2D eigenvalue weighted by atomic mass is 9.97. The maximum absolute atomic E-state index is 12.9. The third-order valence-electron chi connectivity index (χ3n) is 6.22. The molecular formula is C25H27N5OS. The number of nitrogens with zero attached hydrogens (tertiary/aromatic N) is 4. The van der Waals surface area contributed by atoms with Crippen LogP contribution in [0.4, 0.5) is 10.8 Å². The maximum atomic E-state index is 12.9. The summed E-state index contributed by atoms with van der Waals surface area (Å²) in [7, 11) is 0. The molecule has 7 heteroatoms. The molecule has 4 aromatic rings. The van der Waals surface area contributed by atoms with Crippen LogP contribution < -0.4 is 10.2 Å². The Balaban J connectivity index is 1.29. The predicted octanol–water partition coefficient (Wildman–Crippen LogP) is 5.24. The Bertz CT molecular complexity index is 1240. The average molecular weight is 446 g/mol. The molecule has 1 aliphatic heterocycles. The predicted molar refractivity (Wildman–Crippen MR) is 131 cm³/mol. The van der Waals surface area contributed by atoms with Crippen LogP contribution in [0.3, 0.4) is 0 Å². The van der Waals surface area contributed by atoms with Crippen molar-refractivity contribution in [2.24, 2.45) is 5.92 Å². The molecule has 6 nitrogen and oxygen atoms in total. The van der Waals surface area contributed by atoms with Crippen molar-refractivity contribution >= 4 is 33.0 Å². The zero-order chi connectivity index (χ0) is 22.2. The molecule has 0 radical (unpaired) electrons. The van der Waals surface area contributed by atoms with E-state index in [1.165, 1.54) is 16.7 Å². The van der Waals surface area contributed by atoms with Crippen LogP contribution in [-0.4, -0.2) is 33.6 Å². The second kappa shape index (κ2) is 8.39. The van der Waals surface area contributed by atoms with Crippen molar-refractivity contribution in [3.8, 4) is 11.3 Å². The number of rotatable bonds is 4. The van der Waals surface area contributed by atoms with E-state index < -0.39 is 0 Å². The number of carbonyl (C=O) groups is 1. The summed E-state index contributed by atoms with van der Waals surface area (Å²) in [6.07, 6.45) is 3.85. The summed E-state index contributed by atoms with van der Waals surface area (Å²) < 4.78 is 1.86. The molecule has 1 saturated heterocycles. The van der Waals surface area contributed by atoms with Crippen LogP contribution in [0.15, 0.2) is 48.7 Å². The molecule has 5 rings (SSSR count). The minimum absolute atomic E-state index is 0.0512. The third kappa shape index (κ3) is 4.12. The van der Waals surface area contributed by atoms with Crippen molar-refractivity contribution < 1.29 is 4.79 Å². The molecule has 3 heterocycles. The molecule has 0 unspecified atom stereocenters. The number of piperidine rings is 1. The van der Waals surface area contributed by atoms with E-state index >= 15 is 0 Å². The molecule has 1 N–H and O–H groups in total. The molecule has 1 fully saturated rings. The fraction of sp³-hybridized carbons (Fsp3) is 0.320.